The lowest BCUT2D eigenvalue weighted by Crippen LogP contribution is -2.04. The van der Waals surface area contributed by atoms with Gasteiger partial charge in [-0.1, -0.05) is 5.92 Å². The molecule has 0 saturated heterocycles. The SMILES string of the molecule is CNCC#Cc1ccn(C)n1. The van der Waals surface area contributed by atoms with Crippen molar-refractivity contribution in [3.8, 4) is 11.8 Å². The lowest BCUT2D eigenvalue weighted by molar-refractivity contribution is 0.763. The van der Waals surface area contributed by atoms with Gasteiger partial charge in [0, 0.05) is 13.2 Å². The summed E-state index contributed by atoms with van der Waals surface area (Å²) in [5.74, 6) is 5.85. The average Bonchev–Trinajstić information content (AvgIpc) is 2.37. The molecule has 0 aliphatic rings. The highest BCUT2D eigenvalue weighted by Gasteiger charge is 1.87. The highest BCUT2D eigenvalue weighted by atomic mass is 15.2. The first kappa shape index (κ1) is 7.83. The molecule has 0 saturated carbocycles. The largest absolute Gasteiger partial charge is 0.309 e. The molecule has 1 aromatic rings. The number of aryl methyl sites for hydroxylation is 1. The van der Waals surface area contributed by atoms with Gasteiger partial charge in [-0.3, -0.25) is 4.68 Å². The summed E-state index contributed by atoms with van der Waals surface area (Å²) < 4.78 is 1.74. The fourth-order valence-corrected chi connectivity index (χ4v) is 0.705. The minimum atomic E-state index is 0.705. The Morgan fingerprint density at radius 1 is 1.73 bits per heavy atom. The van der Waals surface area contributed by atoms with Gasteiger partial charge >= 0.3 is 0 Å². The quantitative estimate of drug-likeness (QED) is 0.569. The van der Waals surface area contributed by atoms with Crippen LogP contribution in [-0.2, 0) is 7.05 Å². The highest BCUT2D eigenvalue weighted by molar-refractivity contribution is 5.25. The van der Waals surface area contributed by atoms with Gasteiger partial charge in [0.15, 0.2) is 0 Å². The lowest BCUT2D eigenvalue weighted by Gasteiger charge is -1.82. The van der Waals surface area contributed by atoms with Gasteiger partial charge < -0.3 is 5.32 Å². The zero-order chi connectivity index (χ0) is 8.10. The summed E-state index contributed by atoms with van der Waals surface area (Å²) >= 11 is 0. The summed E-state index contributed by atoms with van der Waals surface area (Å²) in [7, 11) is 3.75. The molecule has 58 valence electrons. The predicted molar refractivity (Wildman–Crippen MR) is 44.0 cm³/mol. The standard InChI is InChI=1S/C8H11N3/c1-9-6-3-4-8-5-7-11(2)10-8/h5,7,9H,6H2,1-2H3. The molecule has 0 fully saturated rings. The predicted octanol–water partition coefficient (Wildman–Crippen LogP) is -0.00900. The van der Waals surface area contributed by atoms with Crippen molar-refractivity contribution in [3.63, 3.8) is 0 Å². The van der Waals surface area contributed by atoms with Gasteiger partial charge in [-0.05, 0) is 19.0 Å². The Hall–Kier alpha value is -1.27. The van der Waals surface area contributed by atoms with Crippen LogP contribution in [0.25, 0.3) is 0 Å². The summed E-state index contributed by atoms with van der Waals surface area (Å²) in [6, 6.07) is 1.89. The first-order valence-electron chi connectivity index (χ1n) is 3.46. The number of nitrogens with zero attached hydrogens (tertiary/aromatic N) is 2. The molecule has 0 aromatic carbocycles. The second-order valence-corrected chi connectivity index (χ2v) is 2.21. The van der Waals surface area contributed by atoms with Crippen molar-refractivity contribution in [1.82, 2.24) is 15.1 Å². The molecule has 1 N–H and O–H groups in total. The Labute approximate surface area is 66.4 Å². The molecule has 0 unspecified atom stereocenters. The number of hydrogen-bond acceptors (Lipinski definition) is 2. The molecule has 3 heteroatoms. The molecule has 0 aliphatic heterocycles. The van der Waals surface area contributed by atoms with E-state index in [0.717, 1.165) is 5.69 Å². The van der Waals surface area contributed by atoms with Crippen LogP contribution in [0.1, 0.15) is 5.69 Å². The van der Waals surface area contributed by atoms with Gasteiger partial charge in [0.05, 0.1) is 6.54 Å². The van der Waals surface area contributed by atoms with Crippen LogP contribution in [-0.4, -0.2) is 23.4 Å². The normalized spacial score (nSPS) is 8.91. The summed E-state index contributed by atoms with van der Waals surface area (Å²) in [5.41, 5.74) is 0.822. The molecular formula is C8H11N3. The van der Waals surface area contributed by atoms with Crippen LogP contribution in [0.5, 0.6) is 0 Å². The Kier molecular flexibility index (Phi) is 2.70. The smallest absolute Gasteiger partial charge is 0.135 e. The minimum absolute atomic E-state index is 0.705. The monoisotopic (exact) mass is 149 g/mol. The summed E-state index contributed by atoms with van der Waals surface area (Å²) in [4.78, 5) is 0. The topological polar surface area (TPSA) is 29.9 Å². The molecule has 0 amide bonds. The van der Waals surface area contributed by atoms with Crippen LogP contribution in [0, 0.1) is 11.8 Å². The van der Waals surface area contributed by atoms with Crippen molar-refractivity contribution >= 4 is 0 Å². The molecular weight excluding hydrogens is 138 g/mol. The van der Waals surface area contributed by atoms with Gasteiger partial charge in [0.1, 0.15) is 5.69 Å². The molecule has 3 nitrogen and oxygen atoms in total. The maximum atomic E-state index is 4.10. The van der Waals surface area contributed by atoms with Gasteiger partial charge in [-0.15, -0.1) is 0 Å². The van der Waals surface area contributed by atoms with E-state index in [9.17, 15) is 0 Å². The third-order valence-corrected chi connectivity index (χ3v) is 1.20. The van der Waals surface area contributed by atoms with E-state index in [1.165, 1.54) is 0 Å². The molecule has 0 spiro atoms. The van der Waals surface area contributed by atoms with Crippen molar-refractivity contribution < 1.29 is 0 Å². The van der Waals surface area contributed by atoms with Crippen LogP contribution in [0.3, 0.4) is 0 Å². The fraction of sp³-hybridized carbons (Fsp3) is 0.375. The van der Waals surface area contributed by atoms with E-state index in [1.54, 1.807) is 4.68 Å². The second-order valence-electron chi connectivity index (χ2n) is 2.21. The van der Waals surface area contributed by atoms with Crippen molar-refractivity contribution in [2.75, 3.05) is 13.6 Å². The molecule has 0 radical (unpaired) electrons. The first-order valence-corrected chi connectivity index (χ1v) is 3.46. The lowest BCUT2D eigenvalue weighted by atomic mass is 10.4. The Morgan fingerprint density at radius 3 is 3.09 bits per heavy atom. The van der Waals surface area contributed by atoms with Crippen LogP contribution in [0.2, 0.25) is 0 Å². The molecule has 11 heavy (non-hydrogen) atoms. The molecule has 1 heterocycles. The van der Waals surface area contributed by atoms with Gasteiger partial charge in [0.2, 0.25) is 0 Å². The van der Waals surface area contributed by atoms with Crippen molar-refractivity contribution in [3.05, 3.63) is 18.0 Å². The maximum Gasteiger partial charge on any atom is 0.135 e. The van der Waals surface area contributed by atoms with Crippen LogP contribution < -0.4 is 5.32 Å². The number of rotatable bonds is 1. The average molecular weight is 149 g/mol. The van der Waals surface area contributed by atoms with Crippen molar-refractivity contribution in [2.45, 2.75) is 0 Å². The first-order chi connectivity index (χ1) is 5.33. The molecule has 1 rings (SSSR count). The van der Waals surface area contributed by atoms with E-state index in [1.807, 2.05) is 26.4 Å². The highest BCUT2D eigenvalue weighted by Crippen LogP contribution is 1.88. The summed E-state index contributed by atoms with van der Waals surface area (Å²) in [6.07, 6.45) is 1.88. The van der Waals surface area contributed by atoms with E-state index in [-0.39, 0.29) is 0 Å². The molecule has 0 atom stereocenters. The van der Waals surface area contributed by atoms with Gasteiger partial charge in [-0.25, -0.2) is 0 Å². The fourth-order valence-electron chi connectivity index (χ4n) is 0.705. The molecule has 0 bridgehead atoms. The third kappa shape index (κ3) is 2.44. The zero-order valence-electron chi connectivity index (χ0n) is 6.76. The van der Waals surface area contributed by atoms with Crippen molar-refractivity contribution in [2.24, 2.45) is 7.05 Å². The summed E-state index contributed by atoms with van der Waals surface area (Å²) in [5, 5.41) is 7.03. The summed E-state index contributed by atoms with van der Waals surface area (Å²) in [6.45, 7) is 0.705. The van der Waals surface area contributed by atoms with E-state index in [4.69, 9.17) is 0 Å². The number of nitrogens with one attached hydrogen (secondary N) is 1. The van der Waals surface area contributed by atoms with E-state index < -0.39 is 0 Å². The third-order valence-electron chi connectivity index (χ3n) is 1.20. The minimum Gasteiger partial charge on any atom is -0.309 e. The van der Waals surface area contributed by atoms with Gasteiger partial charge in [0.25, 0.3) is 0 Å². The van der Waals surface area contributed by atoms with Gasteiger partial charge in [-0.2, -0.15) is 5.10 Å². The molecule has 0 aliphatic carbocycles. The van der Waals surface area contributed by atoms with Crippen LogP contribution in [0.15, 0.2) is 12.3 Å². The van der Waals surface area contributed by atoms with Crippen LogP contribution >= 0.6 is 0 Å². The van der Waals surface area contributed by atoms with Crippen LogP contribution in [0.4, 0.5) is 0 Å². The second kappa shape index (κ2) is 3.79. The number of aromatic nitrogens is 2. The Balaban J connectivity index is 2.59. The van der Waals surface area contributed by atoms with Crippen molar-refractivity contribution in [1.29, 1.82) is 0 Å². The number of hydrogen-bond donors (Lipinski definition) is 1. The van der Waals surface area contributed by atoms with E-state index in [0.29, 0.717) is 6.54 Å². The zero-order valence-corrected chi connectivity index (χ0v) is 6.76. The Morgan fingerprint density at radius 2 is 2.55 bits per heavy atom. The Bertz CT molecular complexity index is 277. The van der Waals surface area contributed by atoms with E-state index in [2.05, 4.69) is 22.3 Å². The maximum absolute atomic E-state index is 4.10. The van der Waals surface area contributed by atoms with E-state index >= 15 is 0 Å². The molecule has 1 aromatic heterocycles.